The Morgan fingerprint density at radius 2 is 1.94 bits per heavy atom. The molecular formula is C24H30N4O4. The van der Waals surface area contributed by atoms with Gasteiger partial charge in [-0.1, -0.05) is 18.2 Å². The lowest BCUT2D eigenvalue weighted by Gasteiger charge is -2.32. The summed E-state index contributed by atoms with van der Waals surface area (Å²) in [5.41, 5.74) is 3.88. The predicted octanol–water partition coefficient (Wildman–Crippen LogP) is 3.14. The van der Waals surface area contributed by atoms with Crippen LogP contribution in [0.4, 0.5) is 10.5 Å². The average Bonchev–Trinajstić information content (AvgIpc) is 3.07. The third kappa shape index (κ3) is 5.57. The largest absolute Gasteiger partial charge is 0.449 e. The second-order valence-corrected chi connectivity index (χ2v) is 8.39. The fourth-order valence-electron chi connectivity index (χ4n) is 3.93. The molecule has 32 heavy (non-hydrogen) atoms. The van der Waals surface area contributed by atoms with E-state index in [1.807, 2.05) is 37.3 Å². The molecule has 0 bridgehead atoms. The van der Waals surface area contributed by atoms with Crippen LogP contribution in [-0.2, 0) is 11.3 Å². The lowest BCUT2D eigenvalue weighted by Crippen LogP contribution is -2.44. The number of aromatic nitrogens is 1. The molecule has 1 fully saturated rings. The van der Waals surface area contributed by atoms with Crippen molar-refractivity contribution >= 4 is 22.9 Å². The predicted molar refractivity (Wildman–Crippen MR) is 124 cm³/mol. The van der Waals surface area contributed by atoms with Crippen LogP contribution >= 0.6 is 0 Å². The fourth-order valence-corrected chi connectivity index (χ4v) is 3.93. The lowest BCUT2D eigenvalue weighted by molar-refractivity contribution is 0.130. The van der Waals surface area contributed by atoms with Gasteiger partial charge in [0.2, 0.25) is 0 Å². The number of hydrogen-bond acceptors (Lipinski definition) is 6. The van der Waals surface area contributed by atoms with E-state index in [4.69, 9.17) is 9.15 Å². The number of ether oxygens (including phenoxy) is 1. The Morgan fingerprint density at radius 3 is 2.75 bits per heavy atom. The molecule has 1 N–H and O–H groups in total. The summed E-state index contributed by atoms with van der Waals surface area (Å²) in [6.07, 6.45) is 0.342. The third-order valence-corrected chi connectivity index (χ3v) is 5.78. The molecule has 0 aliphatic carbocycles. The van der Waals surface area contributed by atoms with E-state index < -0.39 is 11.8 Å². The van der Waals surface area contributed by atoms with E-state index in [2.05, 4.69) is 22.2 Å². The van der Waals surface area contributed by atoms with Gasteiger partial charge in [-0.05, 0) is 55.8 Å². The monoisotopic (exact) mass is 438 g/mol. The zero-order valence-electron chi connectivity index (χ0n) is 18.7. The van der Waals surface area contributed by atoms with E-state index >= 15 is 0 Å². The van der Waals surface area contributed by atoms with Crippen molar-refractivity contribution in [3.05, 3.63) is 64.1 Å². The Labute approximate surface area is 187 Å². The van der Waals surface area contributed by atoms with E-state index in [0.29, 0.717) is 24.4 Å². The fraction of sp³-hybridized carbons (Fsp3) is 0.417. The Bertz CT molecular complexity index is 1130. The third-order valence-electron chi connectivity index (χ3n) is 5.78. The van der Waals surface area contributed by atoms with Gasteiger partial charge in [-0.2, -0.15) is 0 Å². The van der Waals surface area contributed by atoms with Crippen LogP contribution in [0.3, 0.4) is 0 Å². The minimum Gasteiger partial charge on any atom is -0.449 e. The minimum atomic E-state index is -0.470. The Hall–Kier alpha value is -3.10. The van der Waals surface area contributed by atoms with E-state index in [1.165, 1.54) is 0 Å². The van der Waals surface area contributed by atoms with Gasteiger partial charge in [-0.3, -0.25) is 9.88 Å². The van der Waals surface area contributed by atoms with Crippen molar-refractivity contribution in [3.8, 4) is 0 Å². The van der Waals surface area contributed by atoms with Crippen molar-refractivity contribution in [1.82, 2.24) is 14.4 Å². The summed E-state index contributed by atoms with van der Waals surface area (Å²) in [5, 5.41) is 2.77. The summed E-state index contributed by atoms with van der Waals surface area (Å²) in [6.45, 7) is 7.93. The van der Waals surface area contributed by atoms with E-state index in [0.717, 1.165) is 55.8 Å². The summed E-state index contributed by atoms with van der Waals surface area (Å²) >= 11 is 0. The number of benzene rings is 2. The van der Waals surface area contributed by atoms with Crippen LogP contribution in [0.15, 0.2) is 51.7 Å². The molecule has 2 aromatic carbocycles. The first-order valence-corrected chi connectivity index (χ1v) is 11.0. The quantitative estimate of drug-likeness (QED) is 0.571. The first kappa shape index (κ1) is 22.1. The molecule has 0 radical (unpaired) electrons. The number of amides is 1. The number of hydrogen-bond donors (Lipinski definition) is 1. The molecule has 8 nitrogen and oxygen atoms in total. The molecule has 2 heterocycles. The highest BCUT2D eigenvalue weighted by Crippen LogP contribution is 2.18. The van der Waals surface area contributed by atoms with Gasteiger partial charge in [0.25, 0.3) is 0 Å². The number of carbonyl (C=O) groups is 1. The zero-order chi connectivity index (χ0) is 22.5. The maximum atomic E-state index is 12.3. The number of nitrogens with zero attached hydrogens (tertiary/aromatic N) is 3. The van der Waals surface area contributed by atoms with Gasteiger partial charge in [0.1, 0.15) is 0 Å². The number of rotatable bonds is 7. The second-order valence-electron chi connectivity index (χ2n) is 8.39. The van der Waals surface area contributed by atoms with Gasteiger partial charge in [0.05, 0.1) is 18.7 Å². The molecule has 0 unspecified atom stereocenters. The number of aryl methyl sites for hydroxylation is 1. The van der Waals surface area contributed by atoms with Crippen molar-refractivity contribution in [1.29, 1.82) is 0 Å². The molecule has 3 aromatic rings. The van der Waals surface area contributed by atoms with Gasteiger partial charge >= 0.3 is 11.8 Å². The molecular weight excluding hydrogens is 408 g/mol. The first-order chi connectivity index (χ1) is 15.5. The van der Waals surface area contributed by atoms with Crippen molar-refractivity contribution in [2.45, 2.75) is 19.9 Å². The van der Waals surface area contributed by atoms with Crippen LogP contribution in [-0.4, -0.2) is 66.8 Å². The highest BCUT2D eigenvalue weighted by molar-refractivity contribution is 5.84. The zero-order valence-corrected chi connectivity index (χ0v) is 18.7. The van der Waals surface area contributed by atoms with Gasteiger partial charge in [-0.25, -0.2) is 9.59 Å². The number of likely N-dealkylation sites (N-methyl/N-ethyl adjacent to an activating group) is 1. The molecule has 170 valence electrons. The number of carbonyl (C=O) groups excluding carboxylic acids is 1. The smallest absolute Gasteiger partial charge is 0.420 e. The van der Waals surface area contributed by atoms with Crippen LogP contribution in [0.25, 0.3) is 11.1 Å². The normalized spacial score (nSPS) is 15.2. The first-order valence-electron chi connectivity index (χ1n) is 11.0. The summed E-state index contributed by atoms with van der Waals surface area (Å²) in [4.78, 5) is 29.2. The molecule has 0 saturated carbocycles. The maximum absolute atomic E-state index is 12.3. The lowest BCUT2D eigenvalue weighted by atomic mass is 10.2. The summed E-state index contributed by atoms with van der Waals surface area (Å²) in [7, 11) is 2.14. The Balaban J connectivity index is 1.30. The minimum absolute atomic E-state index is 0.352. The summed E-state index contributed by atoms with van der Waals surface area (Å²) < 4.78 is 12.3. The molecule has 0 spiro atoms. The summed E-state index contributed by atoms with van der Waals surface area (Å²) in [6, 6.07) is 13.0. The summed E-state index contributed by atoms with van der Waals surface area (Å²) in [5.74, 6) is -0.399. The van der Waals surface area contributed by atoms with E-state index in [9.17, 15) is 9.59 Å². The van der Waals surface area contributed by atoms with Crippen molar-refractivity contribution in [2.75, 3.05) is 51.7 Å². The van der Waals surface area contributed by atoms with Crippen LogP contribution in [0.5, 0.6) is 0 Å². The second kappa shape index (κ2) is 10.0. The molecule has 4 rings (SSSR count). The number of nitrogens with one attached hydrogen (secondary N) is 1. The van der Waals surface area contributed by atoms with Crippen molar-refractivity contribution < 1.29 is 13.9 Å². The van der Waals surface area contributed by atoms with Crippen LogP contribution in [0, 0.1) is 6.92 Å². The molecule has 0 atom stereocenters. The molecule has 8 heteroatoms. The number of anilines is 1. The standard InChI is InChI=1S/C24H30N4O4/c1-18-7-8-22-21(15-18)28(24(30)32-22)17-19-5-3-6-20(16-19)25-23(29)31-14-4-9-27-12-10-26(2)11-13-27/h3,5-8,15-16H,4,9-14,17H2,1-2H3,(H,25,29). The topological polar surface area (TPSA) is 80.0 Å². The van der Waals surface area contributed by atoms with Crippen LogP contribution < -0.4 is 11.1 Å². The van der Waals surface area contributed by atoms with Crippen molar-refractivity contribution in [3.63, 3.8) is 0 Å². The number of piperazine rings is 1. The van der Waals surface area contributed by atoms with Gasteiger partial charge < -0.3 is 19.0 Å². The SMILES string of the molecule is Cc1ccc2oc(=O)n(Cc3cccc(NC(=O)OCCCN4CCN(C)CC4)c3)c2c1. The van der Waals surface area contributed by atoms with Gasteiger partial charge in [0, 0.05) is 38.4 Å². The molecule has 1 aromatic heterocycles. The van der Waals surface area contributed by atoms with Gasteiger partial charge in [-0.15, -0.1) is 0 Å². The Morgan fingerprint density at radius 1 is 1.12 bits per heavy atom. The van der Waals surface area contributed by atoms with Crippen LogP contribution in [0.2, 0.25) is 0 Å². The maximum Gasteiger partial charge on any atom is 0.420 e. The van der Waals surface area contributed by atoms with Crippen LogP contribution in [0.1, 0.15) is 17.5 Å². The molecule has 1 saturated heterocycles. The highest BCUT2D eigenvalue weighted by Gasteiger charge is 2.14. The van der Waals surface area contributed by atoms with E-state index in [1.54, 1.807) is 16.7 Å². The molecule has 1 aliphatic rings. The number of oxazole rings is 1. The highest BCUT2D eigenvalue weighted by atomic mass is 16.5. The molecule has 1 amide bonds. The van der Waals surface area contributed by atoms with Crippen molar-refractivity contribution in [2.24, 2.45) is 0 Å². The Kier molecular flexibility index (Phi) is 6.92. The van der Waals surface area contributed by atoms with Gasteiger partial charge in [0.15, 0.2) is 5.58 Å². The molecule has 1 aliphatic heterocycles. The van der Waals surface area contributed by atoms with E-state index in [-0.39, 0.29) is 0 Å². The number of fused-ring (bicyclic) bond motifs is 1. The average molecular weight is 439 g/mol.